The first-order valence-corrected chi connectivity index (χ1v) is 9.93. The van der Waals surface area contributed by atoms with Crippen LogP contribution in [0.5, 0.6) is 0 Å². The smallest absolute Gasteiger partial charge is 0.258 e. The number of halogens is 1. The summed E-state index contributed by atoms with van der Waals surface area (Å²) in [5.41, 5.74) is 2.30. The van der Waals surface area contributed by atoms with E-state index in [2.05, 4.69) is 39.6 Å². The van der Waals surface area contributed by atoms with Crippen molar-refractivity contribution in [2.24, 2.45) is 5.92 Å². The second-order valence-corrected chi connectivity index (χ2v) is 8.42. The van der Waals surface area contributed by atoms with E-state index in [9.17, 15) is 10.1 Å². The van der Waals surface area contributed by atoms with Gasteiger partial charge in [0.05, 0.1) is 11.1 Å². The number of amides is 1. The quantitative estimate of drug-likeness (QED) is 0.677. The minimum absolute atomic E-state index is 0.198. The zero-order valence-corrected chi connectivity index (χ0v) is 16.8. The molecule has 128 valence electrons. The number of carbonyl (C=O) groups is 1. The molecule has 1 aliphatic carbocycles. The SMILES string of the molecule is C[C@@H]1CCc2c(sc(NC(=S)NC(=O)c3ccccc3Br)c2C#N)C1. The van der Waals surface area contributed by atoms with Crippen LogP contribution in [0.1, 0.15) is 39.7 Å². The Morgan fingerprint density at radius 3 is 2.92 bits per heavy atom. The molecule has 3 rings (SSSR count). The predicted octanol–water partition coefficient (Wildman–Crippen LogP) is 4.63. The largest absolute Gasteiger partial charge is 0.323 e. The van der Waals surface area contributed by atoms with Crippen molar-refractivity contribution in [1.29, 1.82) is 5.26 Å². The Labute approximate surface area is 164 Å². The van der Waals surface area contributed by atoms with Gasteiger partial charge in [-0.1, -0.05) is 19.1 Å². The molecule has 4 nitrogen and oxygen atoms in total. The highest BCUT2D eigenvalue weighted by Crippen LogP contribution is 2.39. The van der Waals surface area contributed by atoms with Crippen LogP contribution in [-0.2, 0) is 12.8 Å². The third-order valence-electron chi connectivity index (χ3n) is 4.20. The Morgan fingerprint density at radius 2 is 2.20 bits per heavy atom. The third-order valence-corrected chi connectivity index (χ3v) is 6.26. The molecular weight excluding hydrogens is 418 g/mol. The van der Waals surface area contributed by atoms with Crippen molar-refractivity contribution >= 4 is 55.5 Å². The summed E-state index contributed by atoms with van der Waals surface area (Å²) in [6.07, 6.45) is 3.02. The van der Waals surface area contributed by atoms with Crippen LogP contribution in [0.4, 0.5) is 5.00 Å². The van der Waals surface area contributed by atoms with Crippen molar-refractivity contribution in [1.82, 2.24) is 5.32 Å². The van der Waals surface area contributed by atoms with Gasteiger partial charge in [-0.25, -0.2) is 0 Å². The molecule has 1 aromatic carbocycles. The first kappa shape index (κ1) is 18.1. The number of benzene rings is 1. The lowest BCUT2D eigenvalue weighted by Gasteiger charge is -2.17. The van der Waals surface area contributed by atoms with Crippen LogP contribution in [-0.4, -0.2) is 11.0 Å². The summed E-state index contributed by atoms with van der Waals surface area (Å²) in [7, 11) is 0. The number of nitrogens with zero attached hydrogens (tertiary/aromatic N) is 1. The van der Waals surface area contributed by atoms with Crippen LogP contribution in [0.15, 0.2) is 28.7 Å². The summed E-state index contributed by atoms with van der Waals surface area (Å²) in [6.45, 7) is 2.23. The Kier molecular flexibility index (Phi) is 5.52. The van der Waals surface area contributed by atoms with E-state index in [4.69, 9.17) is 12.2 Å². The standard InChI is InChI=1S/C18H16BrN3OS2/c1-10-6-7-11-13(9-20)17(25-15(11)8-10)22-18(24)21-16(23)12-4-2-3-5-14(12)19/h2-5,10H,6-8H2,1H3,(H2,21,22,23,24)/t10-/m1/s1. The molecule has 1 heterocycles. The first-order valence-electron chi connectivity index (χ1n) is 7.91. The fourth-order valence-corrected chi connectivity index (χ4v) is 5.00. The maximum atomic E-state index is 12.3. The number of hydrogen-bond donors (Lipinski definition) is 2. The van der Waals surface area contributed by atoms with Crippen LogP contribution in [0.25, 0.3) is 0 Å². The van der Waals surface area contributed by atoms with E-state index in [1.54, 1.807) is 29.5 Å². The maximum absolute atomic E-state index is 12.3. The molecule has 7 heteroatoms. The minimum atomic E-state index is -0.293. The summed E-state index contributed by atoms with van der Waals surface area (Å²) < 4.78 is 0.702. The molecule has 1 atom stereocenters. The molecule has 0 unspecified atom stereocenters. The zero-order valence-electron chi connectivity index (χ0n) is 13.6. The van der Waals surface area contributed by atoms with Gasteiger partial charge in [-0.15, -0.1) is 11.3 Å². The highest BCUT2D eigenvalue weighted by atomic mass is 79.9. The lowest BCUT2D eigenvalue weighted by Crippen LogP contribution is -2.34. The van der Waals surface area contributed by atoms with E-state index in [1.807, 2.05) is 6.07 Å². The van der Waals surface area contributed by atoms with Gasteiger partial charge in [0.2, 0.25) is 0 Å². The fraction of sp³-hybridized carbons (Fsp3) is 0.278. The second kappa shape index (κ2) is 7.65. The highest BCUT2D eigenvalue weighted by molar-refractivity contribution is 9.10. The van der Waals surface area contributed by atoms with Gasteiger partial charge in [-0.05, 0) is 71.0 Å². The monoisotopic (exact) mass is 433 g/mol. The Hall–Kier alpha value is -1.75. The van der Waals surface area contributed by atoms with Crippen LogP contribution in [0.3, 0.4) is 0 Å². The summed E-state index contributed by atoms with van der Waals surface area (Å²) in [5, 5.41) is 16.1. The van der Waals surface area contributed by atoms with E-state index in [-0.39, 0.29) is 11.0 Å². The van der Waals surface area contributed by atoms with E-state index >= 15 is 0 Å². The molecule has 0 radical (unpaired) electrons. The molecule has 2 aromatic rings. The van der Waals surface area contributed by atoms with Gasteiger partial charge >= 0.3 is 0 Å². The van der Waals surface area contributed by atoms with Crippen LogP contribution >= 0.6 is 39.5 Å². The van der Waals surface area contributed by atoms with E-state index in [0.717, 1.165) is 29.8 Å². The molecule has 0 saturated heterocycles. The van der Waals surface area contributed by atoms with Crippen molar-refractivity contribution in [3.05, 3.63) is 50.3 Å². The molecule has 1 amide bonds. The molecule has 0 aliphatic heterocycles. The predicted molar refractivity (Wildman–Crippen MR) is 108 cm³/mol. The van der Waals surface area contributed by atoms with Gasteiger partial charge in [0.25, 0.3) is 5.91 Å². The number of anilines is 1. The Morgan fingerprint density at radius 1 is 1.44 bits per heavy atom. The third kappa shape index (κ3) is 3.92. The van der Waals surface area contributed by atoms with Crippen LogP contribution in [0, 0.1) is 17.2 Å². The average Bonchev–Trinajstić information content (AvgIpc) is 2.90. The number of thiophene rings is 1. The highest BCUT2D eigenvalue weighted by Gasteiger charge is 2.24. The molecule has 1 aromatic heterocycles. The Bertz CT molecular complexity index is 885. The molecule has 25 heavy (non-hydrogen) atoms. The first-order chi connectivity index (χ1) is 12.0. The summed E-state index contributed by atoms with van der Waals surface area (Å²) in [4.78, 5) is 13.6. The summed E-state index contributed by atoms with van der Waals surface area (Å²) >= 11 is 10.2. The van der Waals surface area contributed by atoms with Crippen LogP contribution < -0.4 is 10.6 Å². The Balaban J connectivity index is 1.75. The molecule has 0 fully saturated rings. The number of nitrogens with one attached hydrogen (secondary N) is 2. The minimum Gasteiger partial charge on any atom is -0.323 e. The number of hydrogen-bond acceptors (Lipinski definition) is 4. The van der Waals surface area contributed by atoms with Gasteiger partial charge in [0.1, 0.15) is 11.1 Å². The molecule has 0 spiro atoms. The number of nitriles is 1. The molecular formula is C18H16BrN3OS2. The average molecular weight is 434 g/mol. The maximum Gasteiger partial charge on any atom is 0.258 e. The van der Waals surface area contributed by atoms with Crippen molar-refractivity contribution < 1.29 is 4.79 Å². The lowest BCUT2D eigenvalue weighted by atomic mass is 9.89. The second-order valence-electron chi connectivity index (χ2n) is 6.06. The number of fused-ring (bicyclic) bond motifs is 1. The topological polar surface area (TPSA) is 64.9 Å². The number of carbonyl (C=O) groups excluding carboxylic acids is 1. The summed E-state index contributed by atoms with van der Waals surface area (Å²) in [5.74, 6) is 0.339. The van der Waals surface area contributed by atoms with Gasteiger partial charge < -0.3 is 5.32 Å². The van der Waals surface area contributed by atoms with Crippen LogP contribution in [0.2, 0.25) is 0 Å². The van der Waals surface area contributed by atoms with Crippen molar-refractivity contribution in [2.75, 3.05) is 5.32 Å². The fourth-order valence-electron chi connectivity index (χ4n) is 2.91. The van der Waals surface area contributed by atoms with Gasteiger partial charge in [-0.3, -0.25) is 10.1 Å². The van der Waals surface area contributed by atoms with Gasteiger partial charge in [0, 0.05) is 9.35 Å². The molecule has 1 aliphatic rings. The van der Waals surface area contributed by atoms with E-state index in [0.29, 0.717) is 21.5 Å². The van der Waals surface area contributed by atoms with Crippen molar-refractivity contribution in [3.8, 4) is 6.07 Å². The van der Waals surface area contributed by atoms with E-state index < -0.39 is 0 Å². The molecule has 0 bridgehead atoms. The van der Waals surface area contributed by atoms with Crippen molar-refractivity contribution in [3.63, 3.8) is 0 Å². The molecule has 0 saturated carbocycles. The molecule has 2 N–H and O–H groups in total. The lowest BCUT2D eigenvalue weighted by molar-refractivity contribution is 0.0977. The van der Waals surface area contributed by atoms with E-state index in [1.165, 1.54) is 4.88 Å². The number of thiocarbonyl (C=S) groups is 1. The number of rotatable bonds is 2. The normalized spacial score (nSPS) is 15.8. The van der Waals surface area contributed by atoms with Crippen molar-refractivity contribution in [2.45, 2.75) is 26.2 Å². The zero-order chi connectivity index (χ0) is 18.0. The van der Waals surface area contributed by atoms with Gasteiger partial charge in [0.15, 0.2) is 5.11 Å². The van der Waals surface area contributed by atoms with Gasteiger partial charge in [-0.2, -0.15) is 5.26 Å². The summed E-state index contributed by atoms with van der Waals surface area (Å²) in [6, 6.07) is 9.43.